The van der Waals surface area contributed by atoms with Gasteiger partial charge >= 0.3 is 0 Å². The predicted molar refractivity (Wildman–Crippen MR) is 65.9 cm³/mol. The van der Waals surface area contributed by atoms with E-state index in [-0.39, 0.29) is 12.0 Å². The summed E-state index contributed by atoms with van der Waals surface area (Å²) in [5.41, 5.74) is 7.02. The molecule has 4 heteroatoms. The number of benzene rings is 2. The van der Waals surface area contributed by atoms with Crippen molar-refractivity contribution < 1.29 is 13.9 Å². The summed E-state index contributed by atoms with van der Waals surface area (Å²) >= 11 is 0. The van der Waals surface area contributed by atoms with Crippen molar-refractivity contribution in [1.29, 1.82) is 0 Å². The lowest BCUT2D eigenvalue weighted by Crippen LogP contribution is -2.04. The van der Waals surface area contributed by atoms with Gasteiger partial charge in [-0.05, 0) is 29.3 Å². The molecule has 0 saturated heterocycles. The molecule has 0 aliphatic carbocycles. The first-order valence-electron chi connectivity index (χ1n) is 5.53. The maximum absolute atomic E-state index is 13.4. The van der Waals surface area contributed by atoms with Crippen LogP contribution in [0.5, 0.6) is 0 Å². The molecule has 1 unspecified atom stereocenters. The van der Waals surface area contributed by atoms with E-state index in [2.05, 4.69) is 0 Å². The largest absolute Gasteiger partial charge is 0.399 e. The Labute approximate surface area is 104 Å². The minimum absolute atomic E-state index is 0.0789. The molecule has 2 aromatic rings. The molecule has 0 saturated carbocycles. The fourth-order valence-corrected chi connectivity index (χ4v) is 1.78. The number of hydrogen-bond acceptors (Lipinski definition) is 2. The summed E-state index contributed by atoms with van der Waals surface area (Å²) in [6, 6.07) is 10.1. The quantitative estimate of drug-likeness (QED) is 0.822. The van der Waals surface area contributed by atoms with Crippen molar-refractivity contribution in [3.8, 4) is 0 Å². The molecule has 0 fully saturated rings. The summed E-state index contributed by atoms with van der Waals surface area (Å²) < 4.78 is 26.2. The van der Waals surface area contributed by atoms with E-state index < -0.39 is 17.7 Å². The van der Waals surface area contributed by atoms with E-state index in [9.17, 15) is 13.9 Å². The third-order valence-corrected chi connectivity index (χ3v) is 2.72. The van der Waals surface area contributed by atoms with Gasteiger partial charge in [-0.2, -0.15) is 0 Å². The molecule has 0 aliphatic rings. The normalized spacial score (nSPS) is 12.4. The molecule has 2 nitrogen and oxygen atoms in total. The fourth-order valence-electron chi connectivity index (χ4n) is 1.78. The SMILES string of the molecule is Nc1cccc(C(O)Cc2ccc(F)cc2F)c1. The average molecular weight is 249 g/mol. The Morgan fingerprint density at radius 3 is 2.56 bits per heavy atom. The molecule has 0 amide bonds. The summed E-state index contributed by atoms with van der Waals surface area (Å²) in [5.74, 6) is -1.28. The van der Waals surface area contributed by atoms with Crippen molar-refractivity contribution in [2.45, 2.75) is 12.5 Å². The molecule has 0 spiro atoms. The topological polar surface area (TPSA) is 46.2 Å². The zero-order valence-corrected chi connectivity index (χ0v) is 9.61. The monoisotopic (exact) mass is 249 g/mol. The number of rotatable bonds is 3. The van der Waals surface area contributed by atoms with Gasteiger partial charge in [0.2, 0.25) is 0 Å². The van der Waals surface area contributed by atoms with E-state index >= 15 is 0 Å². The zero-order chi connectivity index (χ0) is 13.1. The Balaban J connectivity index is 2.18. The Morgan fingerprint density at radius 2 is 1.89 bits per heavy atom. The van der Waals surface area contributed by atoms with Crippen molar-refractivity contribution in [3.63, 3.8) is 0 Å². The molecule has 0 bridgehead atoms. The first-order chi connectivity index (χ1) is 8.56. The molecule has 0 heterocycles. The third kappa shape index (κ3) is 2.84. The second-order valence-electron chi connectivity index (χ2n) is 4.13. The van der Waals surface area contributed by atoms with Crippen LogP contribution in [0.25, 0.3) is 0 Å². The van der Waals surface area contributed by atoms with Crippen LogP contribution in [0, 0.1) is 11.6 Å². The summed E-state index contributed by atoms with van der Waals surface area (Å²) in [6.07, 6.45) is -0.788. The number of hydrogen-bond donors (Lipinski definition) is 2. The first kappa shape index (κ1) is 12.5. The van der Waals surface area contributed by atoms with Crippen LogP contribution >= 0.6 is 0 Å². The summed E-state index contributed by atoms with van der Waals surface area (Å²) in [6.45, 7) is 0. The standard InChI is InChI=1S/C14H13F2NO/c15-11-5-4-9(13(16)8-11)7-14(18)10-2-1-3-12(17)6-10/h1-6,8,14,18H,7,17H2. The second-order valence-corrected chi connectivity index (χ2v) is 4.13. The molecular weight excluding hydrogens is 236 g/mol. The van der Waals surface area contributed by atoms with Crippen LogP contribution in [0.3, 0.4) is 0 Å². The molecule has 3 N–H and O–H groups in total. The highest BCUT2D eigenvalue weighted by atomic mass is 19.1. The molecular formula is C14H13F2NO. The third-order valence-electron chi connectivity index (χ3n) is 2.72. The van der Waals surface area contributed by atoms with Crippen LogP contribution in [0.2, 0.25) is 0 Å². The van der Waals surface area contributed by atoms with Crippen molar-refractivity contribution >= 4 is 5.69 Å². The number of nitrogens with two attached hydrogens (primary N) is 1. The molecule has 0 aromatic heterocycles. The summed E-state index contributed by atoms with van der Waals surface area (Å²) in [7, 11) is 0. The van der Waals surface area contributed by atoms with Crippen molar-refractivity contribution in [2.24, 2.45) is 0 Å². The Morgan fingerprint density at radius 1 is 1.11 bits per heavy atom. The maximum atomic E-state index is 13.4. The van der Waals surface area contributed by atoms with Gasteiger partial charge in [0.25, 0.3) is 0 Å². The number of anilines is 1. The Bertz CT molecular complexity index is 557. The lowest BCUT2D eigenvalue weighted by molar-refractivity contribution is 0.177. The number of aliphatic hydroxyl groups is 1. The maximum Gasteiger partial charge on any atom is 0.129 e. The smallest absolute Gasteiger partial charge is 0.129 e. The molecule has 18 heavy (non-hydrogen) atoms. The number of halogens is 2. The van der Waals surface area contributed by atoms with Gasteiger partial charge in [0, 0.05) is 18.2 Å². The van der Waals surface area contributed by atoms with Crippen LogP contribution in [0.15, 0.2) is 42.5 Å². The highest BCUT2D eigenvalue weighted by Crippen LogP contribution is 2.21. The van der Waals surface area contributed by atoms with Crippen LogP contribution in [0.1, 0.15) is 17.2 Å². The van der Waals surface area contributed by atoms with E-state index in [1.54, 1.807) is 24.3 Å². The zero-order valence-electron chi connectivity index (χ0n) is 9.61. The summed E-state index contributed by atoms with van der Waals surface area (Å²) in [4.78, 5) is 0. The number of aliphatic hydroxyl groups excluding tert-OH is 1. The van der Waals surface area contributed by atoms with Gasteiger partial charge in [0.1, 0.15) is 11.6 Å². The van der Waals surface area contributed by atoms with E-state index in [1.165, 1.54) is 12.1 Å². The molecule has 1 atom stereocenters. The molecule has 2 aromatic carbocycles. The van der Waals surface area contributed by atoms with E-state index in [0.29, 0.717) is 11.3 Å². The van der Waals surface area contributed by atoms with Gasteiger partial charge in [0.15, 0.2) is 0 Å². The van der Waals surface area contributed by atoms with Crippen LogP contribution in [-0.4, -0.2) is 5.11 Å². The van der Waals surface area contributed by atoms with Crippen LogP contribution in [-0.2, 0) is 6.42 Å². The van der Waals surface area contributed by atoms with E-state index in [0.717, 1.165) is 6.07 Å². The van der Waals surface area contributed by atoms with Crippen molar-refractivity contribution in [2.75, 3.05) is 5.73 Å². The van der Waals surface area contributed by atoms with Crippen molar-refractivity contribution in [3.05, 3.63) is 65.2 Å². The van der Waals surface area contributed by atoms with E-state index in [1.807, 2.05) is 0 Å². The minimum Gasteiger partial charge on any atom is -0.399 e. The van der Waals surface area contributed by atoms with Crippen LogP contribution in [0.4, 0.5) is 14.5 Å². The van der Waals surface area contributed by atoms with Gasteiger partial charge in [0.05, 0.1) is 6.10 Å². The molecule has 2 rings (SSSR count). The predicted octanol–water partition coefficient (Wildman–Crippen LogP) is 2.82. The van der Waals surface area contributed by atoms with Gasteiger partial charge in [-0.3, -0.25) is 0 Å². The minimum atomic E-state index is -0.867. The number of nitrogen functional groups attached to an aromatic ring is 1. The molecule has 0 radical (unpaired) electrons. The van der Waals surface area contributed by atoms with Gasteiger partial charge in [-0.25, -0.2) is 8.78 Å². The molecule has 0 aliphatic heterocycles. The van der Waals surface area contributed by atoms with Gasteiger partial charge < -0.3 is 10.8 Å². The first-order valence-corrected chi connectivity index (χ1v) is 5.53. The summed E-state index contributed by atoms with van der Waals surface area (Å²) in [5, 5.41) is 9.98. The average Bonchev–Trinajstić information content (AvgIpc) is 2.32. The molecule has 94 valence electrons. The Hall–Kier alpha value is -1.94. The Kier molecular flexibility index (Phi) is 3.58. The second kappa shape index (κ2) is 5.14. The lowest BCUT2D eigenvalue weighted by Gasteiger charge is -2.12. The highest BCUT2D eigenvalue weighted by Gasteiger charge is 2.12. The lowest BCUT2D eigenvalue weighted by atomic mass is 10.0. The van der Waals surface area contributed by atoms with Crippen molar-refractivity contribution in [1.82, 2.24) is 0 Å². The van der Waals surface area contributed by atoms with Gasteiger partial charge in [-0.15, -0.1) is 0 Å². The fraction of sp³-hybridized carbons (Fsp3) is 0.143. The van der Waals surface area contributed by atoms with E-state index in [4.69, 9.17) is 5.73 Å². The highest BCUT2D eigenvalue weighted by molar-refractivity contribution is 5.41. The van der Waals surface area contributed by atoms with Gasteiger partial charge in [-0.1, -0.05) is 18.2 Å². The van der Waals surface area contributed by atoms with Crippen LogP contribution < -0.4 is 5.73 Å².